The number of hydrogen-bond acceptors (Lipinski definition) is 6. The fourth-order valence-electron chi connectivity index (χ4n) is 3.03. The number of quaternary nitrogens is 1. The average Bonchev–Trinajstić information content (AvgIpc) is 2.58. The van der Waals surface area contributed by atoms with Gasteiger partial charge in [-0.25, -0.2) is 0 Å². The molecule has 3 unspecified atom stereocenters. The van der Waals surface area contributed by atoms with Crippen molar-refractivity contribution in [2.24, 2.45) is 0 Å². The van der Waals surface area contributed by atoms with Crippen LogP contribution in [0.3, 0.4) is 0 Å². The number of likely N-dealkylation sites (N-methyl/N-ethyl adjacent to an activating group) is 1. The van der Waals surface area contributed by atoms with Crippen LogP contribution in [-0.2, 0) is 18.6 Å². The zero-order chi connectivity index (χ0) is 22.1. The van der Waals surface area contributed by atoms with Gasteiger partial charge in [0.25, 0.3) is 0 Å². The summed E-state index contributed by atoms with van der Waals surface area (Å²) in [4.78, 5) is 20.9. The molecule has 0 aromatic carbocycles. The van der Waals surface area contributed by atoms with Gasteiger partial charge in [0.2, 0.25) is 0 Å². The molecule has 0 aliphatic rings. The summed E-state index contributed by atoms with van der Waals surface area (Å²) in [5.74, 6) is -0.945. The van der Waals surface area contributed by atoms with Crippen LogP contribution in [0.2, 0.25) is 0 Å². The number of unbranched alkanes of at least 4 members (excludes halogenated alkanes) is 6. The smallest absolute Gasteiger partial charge is 0.330 e. The third-order valence-electron chi connectivity index (χ3n) is 4.50. The van der Waals surface area contributed by atoms with Crippen LogP contribution in [0, 0.1) is 0 Å². The van der Waals surface area contributed by atoms with E-state index in [0.29, 0.717) is 24.2 Å². The van der Waals surface area contributed by atoms with Gasteiger partial charge < -0.3 is 33.7 Å². The van der Waals surface area contributed by atoms with E-state index in [4.69, 9.17) is 18.9 Å². The van der Waals surface area contributed by atoms with Gasteiger partial charge in [-0.05, 0) is 26.2 Å². The van der Waals surface area contributed by atoms with Gasteiger partial charge in [0.15, 0.2) is 0 Å². The minimum absolute atomic E-state index is 0. The molecule has 0 radical (unpaired) electrons. The summed E-state index contributed by atoms with van der Waals surface area (Å²) in [5.41, 5.74) is 0. The Kier molecular flexibility index (Phi) is 20.5. The summed E-state index contributed by atoms with van der Waals surface area (Å²) in [6.45, 7) is 5.91. The SMILES string of the molecule is CCCCCCCCC(C)OCCCCOP(O)OC(CC(=O)O)C[N+](C)(C)C.[OH-]. The predicted octanol–water partition coefficient (Wildman–Crippen LogP) is 4.55. The molecule has 0 amide bonds. The molecule has 0 saturated carbocycles. The topological polar surface area (TPSA) is 115 Å². The van der Waals surface area contributed by atoms with Crippen molar-refractivity contribution >= 4 is 14.6 Å². The molecule has 0 aliphatic heterocycles. The highest BCUT2D eigenvalue weighted by molar-refractivity contribution is 7.40. The molecular weight excluding hydrogens is 409 g/mol. The van der Waals surface area contributed by atoms with Crippen LogP contribution < -0.4 is 0 Å². The van der Waals surface area contributed by atoms with Crippen LogP contribution in [0.1, 0.15) is 78.1 Å². The Balaban J connectivity index is 0. The van der Waals surface area contributed by atoms with Crippen LogP contribution in [0.4, 0.5) is 0 Å². The number of carboxylic acids is 1. The second-order valence-electron chi connectivity index (χ2n) is 8.81. The second-order valence-corrected chi connectivity index (χ2v) is 9.76. The molecule has 0 aliphatic carbocycles. The summed E-state index contributed by atoms with van der Waals surface area (Å²) < 4.78 is 17.1. The molecule has 9 heteroatoms. The predicted molar refractivity (Wildman–Crippen MR) is 120 cm³/mol. The minimum Gasteiger partial charge on any atom is -0.870 e. The Morgan fingerprint density at radius 1 is 1.00 bits per heavy atom. The molecule has 8 nitrogen and oxygen atoms in total. The van der Waals surface area contributed by atoms with Crippen molar-refractivity contribution in [3.05, 3.63) is 0 Å². The molecule has 3 atom stereocenters. The van der Waals surface area contributed by atoms with Crippen molar-refractivity contribution in [2.45, 2.75) is 90.3 Å². The van der Waals surface area contributed by atoms with Crippen LogP contribution in [0.5, 0.6) is 0 Å². The van der Waals surface area contributed by atoms with E-state index in [1.54, 1.807) is 0 Å². The molecule has 3 N–H and O–H groups in total. The molecule has 0 bridgehead atoms. The molecule has 0 saturated heterocycles. The van der Waals surface area contributed by atoms with Gasteiger partial charge in [0.1, 0.15) is 12.6 Å². The fraction of sp³-hybridized carbons (Fsp3) is 0.952. The van der Waals surface area contributed by atoms with E-state index in [9.17, 15) is 9.69 Å². The highest BCUT2D eigenvalue weighted by Gasteiger charge is 2.25. The molecule has 182 valence electrons. The molecule has 0 fully saturated rings. The fourth-order valence-corrected chi connectivity index (χ4v) is 3.77. The molecule has 0 rings (SSSR count). The number of ether oxygens (including phenoxy) is 1. The number of carbonyl (C=O) groups is 1. The highest BCUT2D eigenvalue weighted by Crippen LogP contribution is 2.35. The van der Waals surface area contributed by atoms with Crippen LogP contribution in [0.25, 0.3) is 0 Å². The van der Waals surface area contributed by atoms with E-state index in [1.165, 1.54) is 38.5 Å². The third kappa shape index (κ3) is 22.3. The van der Waals surface area contributed by atoms with E-state index in [-0.39, 0.29) is 18.0 Å². The largest absolute Gasteiger partial charge is 0.870 e. The molecule has 30 heavy (non-hydrogen) atoms. The quantitative estimate of drug-likeness (QED) is 0.157. The summed E-state index contributed by atoms with van der Waals surface area (Å²) in [5, 5.41) is 9.00. The third-order valence-corrected chi connectivity index (χ3v) is 5.38. The van der Waals surface area contributed by atoms with Crippen LogP contribution in [0.15, 0.2) is 0 Å². The van der Waals surface area contributed by atoms with Crippen molar-refractivity contribution in [3.8, 4) is 0 Å². The van der Waals surface area contributed by atoms with E-state index in [0.717, 1.165) is 19.3 Å². The van der Waals surface area contributed by atoms with E-state index in [1.807, 2.05) is 21.1 Å². The number of hydrogen-bond donors (Lipinski definition) is 2. The van der Waals surface area contributed by atoms with Crippen molar-refractivity contribution in [3.63, 3.8) is 0 Å². The monoisotopic (exact) mass is 455 g/mol. The van der Waals surface area contributed by atoms with Crippen molar-refractivity contribution in [1.29, 1.82) is 0 Å². The first-order valence-electron chi connectivity index (χ1n) is 11.1. The van der Waals surface area contributed by atoms with Gasteiger partial charge in [0.05, 0.1) is 40.3 Å². The normalized spacial score (nSPS) is 14.7. The minimum atomic E-state index is -2.07. The number of nitrogens with zero attached hydrogens (tertiary/aromatic N) is 1. The highest BCUT2D eigenvalue weighted by atomic mass is 31.2. The van der Waals surface area contributed by atoms with Gasteiger partial charge in [0, 0.05) is 6.61 Å². The van der Waals surface area contributed by atoms with E-state index >= 15 is 0 Å². The van der Waals surface area contributed by atoms with Crippen molar-refractivity contribution in [1.82, 2.24) is 0 Å². The lowest BCUT2D eigenvalue weighted by Gasteiger charge is -2.29. The lowest BCUT2D eigenvalue weighted by Crippen LogP contribution is -2.42. The number of rotatable bonds is 20. The lowest BCUT2D eigenvalue weighted by atomic mass is 10.1. The molecule has 0 aromatic rings. The standard InChI is InChI=1S/C21H44NO6P.H2O/c1-6-7-8-9-10-11-14-19(2)26-15-12-13-16-27-29(25)28-20(17-21(23)24)18-22(3,4)5;/h19-20,25H,6-18H2,1-5H3;1H2. The van der Waals surface area contributed by atoms with Gasteiger partial charge >= 0.3 is 14.6 Å². The Labute approximate surface area is 184 Å². The van der Waals surface area contributed by atoms with Gasteiger partial charge in [-0.3, -0.25) is 4.79 Å². The van der Waals surface area contributed by atoms with Crippen molar-refractivity contribution in [2.75, 3.05) is 40.9 Å². The summed E-state index contributed by atoms with van der Waals surface area (Å²) in [7, 11) is 3.79. The maximum absolute atomic E-state index is 11.0. The summed E-state index contributed by atoms with van der Waals surface area (Å²) in [6, 6.07) is 0. The first kappa shape index (κ1) is 31.8. The van der Waals surface area contributed by atoms with E-state index < -0.39 is 20.7 Å². The first-order valence-corrected chi connectivity index (χ1v) is 12.2. The van der Waals surface area contributed by atoms with Crippen LogP contribution >= 0.6 is 8.60 Å². The van der Waals surface area contributed by atoms with Gasteiger partial charge in [-0.1, -0.05) is 45.4 Å². The first-order chi connectivity index (χ1) is 13.6. The number of carboxylic acid groups (broad SMARTS) is 1. The van der Waals surface area contributed by atoms with E-state index in [2.05, 4.69) is 13.8 Å². The average molecular weight is 456 g/mol. The Morgan fingerprint density at radius 3 is 2.20 bits per heavy atom. The summed E-state index contributed by atoms with van der Waals surface area (Å²) >= 11 is 0. The number of aliphatic carboxylic acids is 1. The zero-order valence-electron chi connectivity index (χ0n) is 19.7. The van der Waals surface area contributed by atoms with Gasteiger partial charge in [-0.2, -0.15) is 0 Å². The maximum Gasteiger partial charge on any atom is 0.330 e. The lowest BCUT2D eigenvalue weighted by molar-refractivity contribution is -0.873. The maximum atomic E-state index is 11.0. The zero-order valence-corrected chi connectivity index (χ0v) is 20.6. The Bertz CT molecular complexity index is 407. The van der Waals surface area contributed by atoms with Crippen LogP contribution in [-0.4, -0.2) is 79.0 Å². The Hall–Kier alpha value is -0.340. The Morgan fingerprint density at radius 2 is 1.60 bits per heavy atom. The molecule has 0 heterocycles. The summed E-state index contributed by atoms with van der Waals surface area (Å²) in [6.07, 6.45) is 10.1. The van der Waals surface area contributed by atoms with Gasteiger partial charge in [-0.15, -0.1) is 0 Å². The molecule has 0 aromatic heterocycles. The second kappa shape index (κ2) is 19.4. The molecule has 0 spiro atoms. The molecular formula is C21H46NO7P. The van der Waals surface area contributed by atoms with Crippen molar-refractivity contribution < 1.29 is 38.5 Å².